The molecule has 2 saturated heterocycles. The van der Waals surface area contributed by atoms with E-state index in [4.69, 9.17) is 9.47 Å². The van der Waals surface area contributed by atoms with Crippen molar-refractivity contribution in [2.75, 3.05) is 32.9 Å². The van der Waals surface area contributed by atoms with Crippen molar-refractivity contribution in [2.24, 2.45) is 11.3 Å². The molecule has 0 N–H and O–H groups in total. The van der Waals surface area contributed by atoms with Gasteiger partial charge in [0.25, 0.3) is 0 Å². The average Bonchev–Trinajstić information content (AvgIpc) is 2.93. The van der Waals surface area contributed by atoms with Crippen molar-refractivity contribution in [1.29, 1.82) is 0 Å². The fourth-order valence-corrected chi connectivity index (χ4v) is 3.77. The molecular weight excluding hydrogens is 252 g/mol. The lowest BCUT2D eigenvalue weighted by Crippen LogP contribution is -2.42. The van der Waals surface area contributed by atoms with Gasteiger partial charge in [-0.25, -0.2) is 0 Å². The van der Waals surface area contributed by atoms with Gasteiger partial charge in [-0.15, -0.1) is 0 Å². The van der Waals surface area contributed by atoms with Gasteiger partial charge < -0.3 is 9.47 Å². The summed E-state index contributed by atoms with van der Waals surface area (Å²) < 4.78 is 11.8. The fourth-order valence-electron chi connectivity index (χ4n) is 3.77. The Bertz CT molecular complexity index is 463. The van der Waals surface area contributed by atoms with Crippen molar-refractivity contribution in [3.05, 3.63) is 24.5 Å². The summed E-state index contributed by atoms with van der Waals surface area (Å²) in [4.78, 5) is 6.80. The molecule has 3 aliphatic rings. The minimum absolute atomic E-state index is 0.200. The smallest absolute Gasteiger partial charge is 0.137 e. The third kappa shape index (κ3) is 2.11. The summed E-state index contributed by atoms with van der Waals surface area (Å²) in [5.41, 5.74) is 0.200. The first-order valence-electron chi connectivity index (χ1n) is 7.70. The second-order valence-corrected chi connectivity index (χ2v) is 6.57. The van der Waals surface area contributed by atoms with Crippen LogP contribution < -0.4 is 4.74 Å². The second-order valence-electron chi connectivity index (χ2n) is 6.57. The molecule has 20 heavy (non-hydrogen) atoms. The van der Waals surface area contributed by atoms with Gasteiger partial charge >= 0.3 is 0 Å². The number of rotatable bonds is 4. The molecule has 4 heteroatoms. The summed E-state index contributed by atoms with van der Waals surface area (Å²) in [5, 5.41) is 0. The zero-order valence-corrected chi connectivity index (χ0v) is 11.8. The number of hydrogen-bond acceptors (Lipinski definition) is 4. The lowest BCUT2D eigenvalue weighted by Gasteiger charge is -2.36. The largest absolute Gasteiger partial charge is 0.491 e. The standard InChI is InChI=1S/C16H22N2O2/c1-3-14(4-1)18-8-13-9-19-11-16(13,10-18)12-20-15-5-2-6-17-7-15/h2,5-7,13-14H,1,3-4,8-12H2/t13-,16+/m0/s1. The van der Waals surface area contributed by atoms with Gasteiger partial charge in [0, 0.05) is 36.7 Å². The number of nitrogens with zero attached hydrogens (tertiary/aromatic N) is 2. The van der Waals surface area contributed by atoms with Crippen LogP contribution >= 0.6 is 0 Å². The number of likely N-dealkylation sites (tertiary alicyclic amines) is 1. The number of ether oxygens (including phenoxy) is 2. The SMILES string of the molecule is c1cncc(OC[C@@]23COC[C@@H]2CN(C2CCC2)C3)c1. The molecule has 0 radical (unpaired) electrons. The van der Waals surface area contributed by atoms with Crippen molar-refractivity contribution in [2.45, 2.75) is 25.3 Å². The maximum atomic E-state index is 6.01. The quantitative estimate of drug-likeness (QED) is 0.840. The van der Waals surface area contributed by atoms with Gasteiger partial charge in [0.2, 0.25) is 0 Å². The van der Waals surface area contributed by atoms with Gasteiger partial charge in [-0.2, -0.15) is 0 Å². The Balaban J connectivity index is 1.44. The summed E-state index contributed by atoms with van der Waals surface area (Å²) in [6.45, 7) is 4.84. The predicted octanol–water partition coefficient (Wildman–Crippen LogP) is 1.96. The van der Waals surface area contributed by atoms with E-state index in [0.29, 0.717) is 5.92 Å². The topological polar surface area (TPSA) is 34.6 Å². The molecule has 4 rings (SSSR count). The minimum Gasteiger partial charge on any atom is -0.491 e. The maximum absolute atomic E-state index is 6.01. The van der Waals surface area contributed by atoms with Crippen LogP contribution in [0.4, 0.5) is 0 Å². The molecule has 0 aromatic carbocycles. The summed E-state index contributed by atoms with van der Waals surface area (Å²) in [7, 11) is 0. The molecule has 3 fully saturated rings. The Morgan fingerprint density at radius 2 is 2.40 bits per heavy atom. The molecule has 0 unspecified atom stereocenters. The zero-order chi connectivity index (χ0) is 13.4. The lowest BCUT2D eigenvalue weighted by atomic mass is 9.82. The Morgan fingerprint density at radius 3 is 3.15 bits per heavy atom. The molecule has 4 nitrogen and oxygen atoms in total. The highest BCUT2D eigenvalue weighted by molar-refractivity contribution is 5.16. The predicted molar refractivity (Wildman–Crippen MR) is 75.7 cm³/mol. The molecule has 2 aliphatic heterocycles. The van der Waals surface area contributed by atoms with Gasteiger partial charge in [0.05, 0.1) is 26.0 Å². The van der Waals surface area contributed by atoms with Gasteiger partial charge in [-0.3, -0.25) is 9.88 Å². The minimum atomic E-state index is 0.200. The van der Waals surface area contributed by atoms with Crippen molar-refractivity contribution in [1.82, 2.24) is 9.88 Å². The van der Waals surface area contributed by atoms with Gasteiger partial charge in [-0.05, 0) is 25.0 Å². The number of fused-ring (bicyclic) bond motifs is 1. The third-order valence-electron chi connectivity index (χ3n) is 5.30. The van der Waals surface area contributed by atoms with Crippen molar-refractivity contribution in [3.63, 3.8) is 0 Å². The highest BCUT2D eigenvalue weighted by atomic mass is 16.5. The van der Waals surface area contributed by atoms with Crippen LogP contribution in [0.2, 0.25) is 0 Å². The number of pyridine rings is 1. The normalized spacial score (nSPS) is 33.9. The molecule has 108 valence electrons. The lowest BCUT2D eigenvalue weighted by molar-refractivity contribution is 0.0677. The Kier molecular flexibility index (Phi) is 3.15. The van der Waals surface area contributed by atoms with Gasteiger partial charge in [0.15, 0.2) is 0 Å². The van der Waals surface area contributed by atoms with Crippen LogP contribution in [0.3, 0.4) is 0 Å². The molecule has 1 aromatic heterocycles. The van der Waals surface area contributed by atoms with E-state index in [1.807, 2.05) is 12.1 Å². The van der Waals surface area contributed by atoms with Crippen LogP contribution in [-0.4, -0.2) is 48.8 Å². The number of aromatic nitrogens is 1. The fraction of sp³-hybridized carbons (Fsp3) is 0.688. The third-order valence-corrected chi connectivity index (χ3v) is 5.30. The molecule has 2 atom stereocenters. The molecular formula is C16H22N2O2. The summed E-state index contributed by atoms with van der Waals surface area (Å²) >= 11 is 0. The highest BCUT2D eigenvalue weighted by Gasteiger charge is 2.52. The van der Waals surface area contributed by atoms with E-state index in [0.717, 1.165) is 38.2 Å². The van der Waals surface area contributed by atoms with Crippen molar-refractivity contribution in [3.8, 4) is 5.75 Å². The molecule has 3 heterocycles. The van der Waals surface area contributed by atoms with E-state index in [-0.39, 0.29) is 5.41 Å². The molecule has 0 bridgehead atoms. The van der Waals surface area contributed by atoms with E-state index in [1.165, 1.54) is 25.8 Å². The number of hydrogen-bond donors (Lipinski definition) is 0. The first kappa shape index (κ1) is 12.6. The zero-order valence-electron chi connectivity index (χ0n) is 11.8. The van der Waals surface area contributed by atoms with Crippen LogP contribution in [0.1, 0.15) is 19.3 Å². The summed E-state index contributed by atoms with van der Waals surface area (Å²) in [6, 6.07) is 4.73. The summed E-state index contributed by atoms with van der Waals surface area (Å²) in [5.74, 6) is 1.51. The highest BCUT2D eigenvalue weighted by Crippen LogP contribution is 2.44. The van der Waals surface area contributed by atoms with E-state index >= 15 is 0 Å². The van der Waals surface area contributed by atoms with Gasteiger partial charge in [0.1, 0.15) is 5.75 Å². The Morgan fingerprint density at radius 1 is 1.45 bits per heavy atom. The van der Waals surface area contributed by atoms with E-state index in [2.05, 4.69) is 9.88 Å². The molecule has 0 amide bonds. The van der Waals surface area contributed by atoms with Crippen LogP contribution in [0.25, 0.3) is 0 Å². The molecule has 1 saturated carbocycles. The molecule has 0 spiro atoms. The van der Waals surface area contributed by atoms with Crippen LogP contribution in [-0.2, 0) is 4.74 Å². The Labute approximate surface area is 120 Å². The Hall–Kier alpha value is -1.13. The first-order chi connectivity index (χ1) is 9.86. The van der Waals surface area contributed by atoms with Crippen LogP contribution in [0, 0.1) is 11.3 Å². The van der Waals surface area contributed by atoms with Crippen LogP contribution in [0.5, 0.6) is 5.75 Å². The van der Waals surface area contributed by atoms with Crippen molar-refractivity contribution < 1.29 is 9.47 Å². The van der Waals surface area contributed by atoms with E-state index in [1.54, 1.807) is 12.4 Å². The maximum Gasteiger partial charge on any atom is 0.137 e. The second kappa shape index (κ2) is 5.01. The van der Waals surface area contributed by atoms with Crippen molar-refractivity contribution >= 4 is 0 Å². The van der Waals surface area contributed by atoms with Gasteiger partial charge in [-0.1, -0.05) is 6.42 Å². The van der Waals surface area contributed by atoms with E-state index in [9.17, 15) is 0 Å². The summed E-state index contributed by atoms with van der Waals surface area (Å²) in [6.07, 6.45) is 7.74. The molecule has 1 aliphatic carbocycles. The first-order valence-corrected chi connectivity index (χ1v) is 7.70. The average molecular weight is 274 g/mol. The van der Waals surface area contributed by atoms with Crippen LogP contribution in [0.15, 0.2) is 24.5 Å². The molecule has 1 aromatic rings. The monoisotopic (exact) mass is 274 g/mol. The van der Waals surface area contributed by atoms with E-state index < -0.39 is 0 Å².